The molecule has 0 aliphatic carbocycles. The molecule has 1 saturated heterocycles. The van der Waals surface area contributed by atoms with Crippen LogP contribution in [0.15, 0.2) is 59.7 Å². The first-order valence-corrected chi connectivity index (χ1v) is 12.8. The molecule has 7 nitrogen and oxygen atoms in total. The highest BCUT2D eigenvalue weighted by Crippen LogP contribution is 2.34. The fourth-order valence-electron chi connectivity index (χ4n) is 4.00. The van der Waals surface area contributed by atoms with Gasteiger partial charge >= 0.3 is 0 Å². The van der Waals surface area contributed by atoms with E-state index in [1.54, 1.807) is 12.1 Å². The van der Waals surface area contributed by atoms with Crippen LogP contribution in [0.3, 0.4) is 0 Å². The molecule has 5 rings (SSSR count). The number of aliphatic imine (C=N–C) groups is 1. The molecule has 2 aromatic carbocycles. The Hall–Kier alpha value is -2.78. The lowest BCUT2D eigenvalue weighted by Crippen LogP contribution is -2.25. The third-order valence-electron chi connectivity index (χ3n) is 5.57. The summed E-state index contributed by atoms with van der Waals surface area (Å²) in [6, 6.07) is 15.2. The SMILES string of the molecule is O=C(NCCc1c[nH]c2ccccc12)c1ccc(NC2=N[C@H]3CS(=O)(=O)C[C@H]3S2)cc1. The molecule has 3 heterocycles. The van der Waals surface area contributed by atoms with Crippen molar-refractivity contribution in [2.24, 2.45) is 4.99 Å². The number of sulfone groups is 1. The van der Waals surface area contributed by atoms with Crippen molar-refractivity contribution in [1.82, 2.24) is 10.3 Å². The summed E-state index contributed by atoms with van der Waals surface area (Å²) in [5.74, 6) is 0.209. The van der Waals surface area contributed by atoms with Gasteiger partial charge in [0.05, 0.1) is 17.5 Å². The summed E-state index contributed by atoms with van der Waals surface area (Å²) < 4.78 is 23.3. The normalized spacial score (nSPS) is 21.6. The Morgan fingerprint density at radius 2 is 1.94 bits per heavy atom. The Morgan fingerprint density at radius 1 is 1.13 bits per heavy atom. The van der Waals surface area contributed by atoms with Crippen LogP contribution in [0.5, 0.6) is 0 Å². The van der Waals surface area contributed by atoms with E-state index < -0.39 is 9.84 Å². The van der Waals surface area contributed by atoms with Gasteiger partial charge in [0.1, 0.15) is 0 Å². The van der Waals surface area contributed by atoms with Crippen LogP contribution >= 0.6 is 11.8 Å². The number of aromatic nitrogens is 1. The molecule has 0 saturated carbocycles. The predicted molar refractivity (Wildman–Crippen MR) is 126 cm³/mol. The summed E-state index contributed by atoms with van der Waals surface area (Å²) in [4.78, 5) is 20.2. The van der Waals surface area contributed by atoms with Gasteiger partial charge in [0.25, 0.3) is 5.91 Å². The molecule has 9 heteroatoms. The zero-order chi connectivity index (χ0) is 21.4. The second-order valence-corrected chi connectivity index (χ2v) is 11.2. The smallest absolute Gasteiger partial charge is 0.251 e. The van der Waals surface area contributed by atoms with Crippen LogP contribution in [0, 0.1) is 0 Å². The summed E-state index contributed by atoms with van der Waals surface area (Å²) in [6.45, 7) is 0.555. The first-order chi connectivity index (χ1) is 15.0. The minimum absolute atomic E-state index is 0.00898. The van der Waals surface area contributed by atoms with Crippen molar-refractivity contribution in [1.29, 1.82) is 0 Å². The number of para-hydroxylation sites is 1. The van der Waals surface area contributed by atoms with Crippen LogP contribution in [0.25, 0.3) is 10.9 Å². The van der Waals surface area contributed by atoms with E-state index in [4.69, 9.17) is 0 Å². The van der Waals surface area contributed by atoms with Gasteiger partial charge in [-0.2, -0.15) is 0 Å². The second kappa shape index (κ2) is 8.05. The van der Waals surface area contributed by atoms with Crippen LogP contribution in [0.4, 0.5) is 5.69 Å². The van der Waals surface area contributed by atoms with E-state index >= 15 is 0 Å². The van der Waals surface area contributed by atoms with E-state index in [0.717, 1.165) is 22.8 Å². The molecule has 2 aliphatic rings. The minimum Gasteiger partial charge on any atom is -0.361 e. The highest BCUT2D eigenvalue weighted by Gasteiger charge is 2.42. The Bertz CT molecular complexity index is 1270. The molecule has 1 amide bonds. The van der Waals surface area contributed by atoms with Crippen molar-refractivity contribution in [3.05, 3.63) is 65.9 Å². The molecule has 1 fully saturated rings. The number of carbonyl (C=O) groups is 1. The minimum atomic E-state index is -2.95. The molecule has 2 aliphatic heterocycles. The quantitative estimate of drug-likeness (QED) is 0.550. The molecule has 0 radical (unpaired) electrons. The number of H-pyrrole nitrogens is 1. The summed E-state index contributed by atoms with van der Waals surface area (Å²) in [7, 11) is -2.95. The van der Waals surface area contributed by atoms with E-state index in [0.29, 0.717) is 12.1 Å². The number of aromatic amines is 1. The molecule has 3 N–H and O–H groups in total. The lowest BCUT2D eigenvalue weighted by molar-refractivity contribution is 0.0954. The number of fused-ring (bicyclic) bond motifs is 2. The number of anilines is 1. The highest BCUT2D eigenvalue weighted by atomic mass is 32.2. The topological polar surface area (TPSA) is 103 Å². The fourth-order valence-corrected chi connectivity index (χ4v) is 7.67. The highest BCUT2D eigenvalue weighted by molar-refractivity contribution is 8.15. The zero-order valence-electron chi connectivity index (χ0n) is 16.7. The molecular weight excluding hydrogens is 432 g/mol. The van der Waals surface area contributed by atoms with E-state index in [2.05, 4.69) is 26.7 Å². The first kappa shape index (κ1) is 20.1. The summed E-state index contributed by atoms with van der Waals surface area (Å²) >= 11 is 1.48. The Morgan fingerprint density at radius 3 is 2.74 bits per heavy atom. The number of carbonyl (C=O) groups excluding carboxylic acids is 1. The summed E-state index contributed by atoms with van der Waals surface area (Å²) in [6.07, 6.45) is 2.75. The van der Waals surface area contributed by atoms with Gasteiger partial charge in [-0.05, 0) is 42.3 Å². The number of amides is 1. The molecule has 31 heavy (non-hydrogen) atoms. The van der Waals surface area contributed by atoms with Crippen LogP contribution < -0.4 is 10.6 Å². The number of nitrogens with one attached hydrogen (secondary N) is 3. The van der Waals surface area contributed by atoms with Crippen molar-refractivity contribution < 1.29 is 13.2 Å². The average molecular weight is 455 g/mol. The van der Waals surface area contributed by atoms with E-state index in [9.17, 15) is 13.2 Å². The van der Waals surface area contributed by atoms with Crippen molar-refractivity contribution in [2.45, 2.75) is 17.7 Å². The summed E-state index contributed by atoms with van der Waals surface area (Å²) in [5, 5.41) is 8.12. The van der Waals surface area contributed by atoms with E-state index in [1.165, 1.54) is 22.7 Å². The molecular formula is C22H22N4O3S2. The Labute approximate surface area is 184 Å². The molecule has 2 atom stereocenters. The van der Waals surface area contributed by atoms with E-state index in [-0.39, 0.29) is 28.7 Å². The molecule has 0 bridgehead atoms. The summed E-state index contributed by atoms with van der Waals surface area (Å²) in [5.41, 5.74) is 3.70. The van der Waals surface area contributed by atoms with Gasteiger partial charge in [0.15, 0.2) is 15.0 Å². The van der Waals surface area contributed by atoms with E-state index in [1.807, 2.05) is 36.5 Å². The molecule has 0 spiro atoms. The third-order valence-corrected chi connectivity index (χ3v) is 8.71. The van der Waals surface area contributed by atoms with Gasteiger partial charge in [0.2, 0.25) is 0 Å². The predicted octanol–water partition coefficient (Wildman–Crippen LogP) is 2.82. The fraction of sp³-hybridized carbons (Fsp3) is 0.273. The van der Waals surface area contributed by atoms with Gasteiger partial charge in [-0.3, -0.25) is 9.79 Å². The number of hydrogen-bond donors (Lipinski definition) is 3. The molecule has 1 aromatic heterocycles. The molecule has 160 valence electrons. The lowest BCUT2D eigenvalue weighted by atomic mass is 10.1. The lowest BCUT2D eigenvalue weighted by Gasteiger charge is -2.08. The van der Waals surface area contributed by atoms with Crippen molar-refractivity contribution >= 4 is 49.3 Å². The maximum Gasteiger partial charge on any atom is 0.251 e. The largest absolute Gasteiger partial charge is 0.361 e. The van der Waals surface area contributed by atoms with Crippen LogP contribution in [-0.4, -0.2) is 53.8 Å². The van der Waals surface area contributed by atoms with Crippen LogP contribution in [0.2, 0.25) is 0 Å². The van der Waals surface area contributed by atoms with Crippen LogP contribution in [0.1, 0.15) is 15.9 Å². The standard InChI is InChI=1S/C22H22N4O3S2/c27-21(23-10-9-15-11-24-18-4-2-1-3-17(15)18)14-5-7-16(8-6-14)25-22-26-19-12-31(28,29)13-20(19)30-22/h1-8,11,19-20,24H,9-10,12-13H2,(H,23,27)(H,25,26)/t19-,20+/m0/s1. The zero-order valence-corrected chi connectivity index (χ0v) is 18.3. The Balaban J connectivity index is 1.14. The first-order valence-electron chi connectivity index (χ1n) is 10.1. The average Bonchev–Trinajstić information content (AvgIpc) is 3.39. The number of hydrogen-bond acceptors (Lipinski definition) is 6. The van der Waals surface area contributed by atoms with Gasteiger partial charge in [0, 0.05) is 40.1 Å². The van der Waals surface area contributed by atoms with Crippen molar-refractivity contribution in [3.63, 3.8) is 0 Å². The number of amidine groups is 1. The maximum absolute atomic E-state index is 12.5. The van der Waals surface area contributed by atoms with Gasteiger partial charge in [-0.1, -0.05) is 30.0 Å². The van der Waals surface area contributed by atoms with Gasteiger partial charge in [-0.15, -0.1) is 0 Å². The monoisotopic (exact) mass is 454 g/mol. The number of nitrogens with zero attached hydrogens (tertiary/aromatic N) is 1. The maximum atomic E-state index is 12.5. The van der Waals surface area contributed by atoms with Crippen molar-refractivity contribution in [3.8, 4) is 0 Å². The van der Waals surface area contributed by atoms with Gasteiger partial charge in [-0.25, -0.2) is 8.42 Å². The van der Waals surface area contributed by atoms with Crippen LogP contribution in [-0.2, 0) is 16.3 Å². The third kappa shape index (κ3) is 4.33. The molecule has 0 unspecified atom stereocenters. The second-order valence-electron chi connectivity index (χ2n) is 7.80. The van der Waals surface area contributed by atoms with Crippen molar-refractivity contribution in [2.75, 3.05) is 23.4 Å². The molecule has 3 aromatic rings. The number of thioether (sulfide) groups is 1. The number of benzene rings is 2. The number of rotatable bonds is 5. The Kier molecular flexibility index (Phi) is 5.23. The van der Waals surface area contributed by atoms with Gasteiger partial charge < -0.3 is 15.6 Å².